The van der Waals surface area contributed by atoms with Crippen LogP contribution in [-0.2, 0) is 38.4 Å². The minimum atomic E-state index is -4.46. The molecule has 4 aromatic rings. The smallest absolute Gasteiger partial charge is 0.303 e. The topological polar surface area (TPSA) is 150 Å². The van der Waals surface area contributed by atoms with E-state index in [1.165, 1.54) is 12.1 Å². The van der Waals surface area contributed by atoms with E-state index in [1.54, 1.807) is 36.4 Å². The summed E-state index contributed by atoms with van der Waals surface area (Å²) >= 11 is 0. The first-order valence-electron chi connectivity index (χ1n) is 12.5. The Hall–Kier alpha value is -3.87. The average molecular weight is 586 g/mol. The lowest BCUT2D eigenvalue weighted by Crippen LogP contribution is -2.39. The highest BCUT2D eigenvalue weighted by molar-refractivity contribution is 7.89. The van der Waals surface area contributed by atoms with Crippen LogP contribution in [0.15, 0.2) is 77.7 Å². The lowest BCUT2D eigenvalue weighted by molar-refractivity contribution is -0.617. The maximum absolute atomic E-state index is 14.2. The number of aryl methyl sites for hydroxylation is 2. The van der Waals surface area contributed by atoms with Gasteiger partial charge in [0.05, 0.1) is 27.0 Å². The number of carbonyl (C=O) groups is 2. The van der Waals surface area contributed by atoms with Crippen LogP contribution in [0.2, 0.25) is 0 Å². The van der Waals surface area contributed by atoms with E-state index in [0.717, 1.165) is 5.56 Å². The van der Waals surface area contributed by atoms with Crippen LogP contribution < -0.4 is 4.57 Å². The highest BCUT2D eigenvalue weighted by Gasteiger charge is 2.34. The number of aromatic nitrogens is 1. The molecule has 0 radical (unpaired) electrons. The van der Waals surface area contributed by atoms with Crippen molar-refractivity contribution in [3.8, 4) is 0 Å². The number of nitrogens with zero attached hydrogens (tertiary/aromatic N) is 2. The Morgan fingerprint density at radius 2 is 1.38 bits per heavy atom. The molecule has 3 aromatic carbocycles. The van der Waals surface area contributed by atoms with Gasteiger partial charge in [-0.15, -0.1) is 0 Å². The zero-order chi connectivity index (χ0) is 29.1. The van der Waals surface area contributed by atoms with E-state index in [2.05, 4.69) is 0 Å². The van der Waals surface area contributed by atoms with Crippen LogP contribution in [0, 0.1) is 0 Å². The minimum absolute atomic E-state index is 0.0210. The molecule has 1 aromatic heterocycles. The average Bonchev–Trinajstić information content (AvgIpc) is 2.90. The second-order valence-electron chi connectivity index (χ2n) is 9.38. The van der Waals surface area contributed by atoms with Gasteiger partial charge >= 0.3 is 5.97 Å². The maximum Gasteiger partial charge on any atom is 0.303 e. The lowest BCUT2D eigenvalue weighted by atomic mass is 10.0. The highest BCUT2D eigenvalue weighted by atomic mass is 32.2. The molecule has 0 aliphatic heterocycles. The summed E-state index contributed by atoms with van der Waals surface area (Å²) in [6, 6.07) is 20.0. The molecule has 12 heteroatoms. The number of carbonyl (C=O) groups excluding carboxylic acids is 1. The SMILES string of the molecule is C[n+]1c2ccccc2c(C(=O)N(CCCS(=O)(=O)O)S(=O)(=O)c2ccc(CCCC(=O)O)cc2)c2ccccc21. The Morgan fingerprint density at radius 1 is 0.825 bits per heavy atom. The minimum Gasteiger partial charge on any atom is -0.481 e. The number of rotatable bonds is 11. The molecule has 0 fully saturated rings. The van der Waals surface area contributed by atoms with Gasteiger partial charge in [0.15, 0.2) is 0 Å². The van der Waals surface area contributed by atoms with E-state index in [1.807, 2.05) is 35.9 Å². The van der Waals surface area contributed by atoms with Crippen LogP contribution in [0.3, 0.4) is 0 Å². The molecule has 0 saturated carbocycles. The fourth-order valence-corrected chi connectivity index (χ4v) is 6.61. The van der Waals surface area contributed by atoms with Crippen molar-refractivity contribution in [3.05, 3.63) is 83.9 Å². The number of hydrogen-bond donors (Lipinski definition) is 2. The molecule has 1 amide bonds. The van der Waals surface area contributed by atoms with Crippen LogP contribution in [0.5, 0.6) is 0 Å². The second kappa shape index (κ2) is 11.7. The van der Waals surface area contributed by atoms with Crippen molar-refractivity contribution in [2.45, 2.75) is 30.6 Å². The van der Waals surface area contributed by atoms with Crippen LogP contribution >= 0.6 is 0 Å². The van der Waals surface area contributed by atoms with Gasteiger partial charge in [-0.1, -0.05) is 36.4 Å². The number of fused-ring (bicyclic) bond motifs is 2. The van der Waals surface area contributed by atoms with Gasteiger partial charge in [-0.05, 0) is 49.1 Å². The van der Waals surface area contributed by atoms with Gasteiger partial charge in [-0.3, -0.25) is 14.1 Å². The first-order chi connectivity index (χ1) is 18.9. The molecule has 0 aliphatic rings. The first kappa shape index (κ1) is 29.1. The van der Waals surface area contributed by atoms with Crippen molar-refractivity contribution in [2.75, 3.05) is 12.3 Å². The Morgan fingerprint density at radius 3 is 1.90 bits per heavy atom. The molecule has 0 aliphatic carbocycles. The zero-order valence-corrected chi connectivity index (χ0v) is 23.4. The summed E-state index contributed by atoms with van der Waals surface area (Å²) in [5.41, 5.74) is 2.29. The van der Waals surface area contributed by atoms with Gasteiger partial charge in [-0.2, -0.15) is 13.0 Å². The van der Waals surface area contributed by atoms with Crippen molar-refractivity contribution < 1.29 is 40.7 Å². The molecule has 210 valence electrons. The number of hydrogen-bond acceptors (Lipinski definition) is 6. The molecule has 40 heavy (non-hydrogen) atoms. The van der Waals surface area contributed by atoms with Crippen LogP contribution in [0.25, 0.3) is 21.8 Å². The van der Waals surface area contributed by atoms with Gasteiger partial charge in [0.1, 0.15) is 7.05 Å². The molecule has 0 unspecified atom stereocenters. The predicted octanol–water partition coefficient (Wildman–Crippen LogP) is 3.33. The summed E-state index contributed by atoms with van der Waals surface area (Å²) < 4.78 is 62.3. The number of carboxylic acid groups (broad SMARTS) is 1. The van der Waals surface area contributed by atoms with E-state index in [4.69, 9.17) is 5.11 Å². The third-order valence-corrected chi connectivity index (χ3v) is 9.24. The fraction of sp³-hybridized carbons (Fsp3) is 0.250. The van der Waals surface area contributed by atoms with E-state index in [-0.39, 0.29) is 23.3 Å². The highest BCUT2D eigenvalue weighted by Crippen LogP contribution is 2.28. The zero-order valence-electron chi connectivity index (χ0n) is 21.7. The fourth-order valence-electron chi connectivity index (χ4n) is 4.71. The van der Waals surface area contributed by atoms with Crippen molar-refractivity contribution in [3.63, 3.8) is 0 Å². The molecule has 4 rings (SSSR count). The van der Waals surface area contributed by atoms with Crippen LogP contribution in [-0.4, -0.2) is 55.0 Å². The monoisotopic (exact) mass is 585 g/mol. The number of pyridine rings is 1. The Bertz CT molecular complexity index is 1740. The van der Waals surface area contributed by atoms with Gasteiger partial charge in [0.25, 0.3) is 26.0 Å². The Labute approximate surface area is 232 Å². The second-order valence-corrected chi connectivity index (χ2v) is 12.8. The Kier molecular flexibility index (Phi) is 8.52. The summed E-state index contributed by atoms with van der Waals surface area (Å²) in [7, 11) is -7.01. The number of aliphatic carboxylic acids is 1. The molecule has 0 bridgehead atoms. The van der Waals surface area contributed by atoms with Crippen LogP contribution in [0.4, 0.5) is 0 Å². The molecular weight excluding hydrogens is 556 g/mol. The van der Waals surface area contributed by atoms with Crippen molar-refractivity contribution >= 4 is 53.8 Å². The molecule has 2 N–H and O–H groups in total. The normalized spacial score (nSPS) is 12.1. The largest absolute Gasteiger partial charge is 0.481 e. The summed E-state index contributed by atoms with van der Waals surface area (Å²) in [5.74, 6) is -2.47. The number of carboxylic acids is 1. The van der Waals surface area contributed by atoms with E-state index < -0.39 is 44.3 Å². The third-order valence-electron chi connectivity index (χ3n) is 6.64. The van der Waals surface area contributed by atoms with Crippen LogP contribution in [0.1, 0.15) is 35.2 Å². The quantitative estimate of drug-likeness (QED) is 0.155. The maximum atomic E-state index is 14.2. The van der Waals surface area contributed by atoms with E-state index in [0.29, 0.717) is 39.0 Å². The van der Waals surface area contributed by atoms with E-state index >= 15 is 0 Å². The summed E-state index contributed by atoms with van der Waals surface area (Å²) in [5, 5.41) is 9.90. The molecule has 0 atom stereocenters. The summed E-state index contributed by atoms with van der Waals surface area (Å²) in [4.78, 5) is 24.8. The number of amides is 1. The molecule has 0 saturated heterocycles. The third kappa shape index (κ3) is 6.30. The standard InChI is InChI=1S/C28H28N2O8S2/c1-29-24-11-4-2-9-22(24)27(23-10-3-5-12-25(23)29)28(33)30(18-7-19-39(34,35)36)40(37,38)21-16-14-20(15-17-21)8-6-13-26(31)32/h2-5,9-12,14-17H,6-8,13,18-19H2,1H3,(H-,31,32,34,35,36)/p+1. The molecular formula is C28H29N2O8S2+. The van der Waals surface area contributed by atoms with Crippen molar-refractivity contribution in [1.82, 2.24) is 4.31 Å². The van der Waals surface area contributed by atoms with Gasteiger partial charge in [-0.25, -0.2) is 12.7 Å². The van der Waals surface area contributed by atoms with Gasteiger partial charge in [0.2, 0.25) is 11.0 Å². The first-order valence-corrected chi connectivity index (χ1v) is 15.6. The van der Waals surface area contributed by atoms with E-state index in [9.17, 15) is 31.0 Å². The Balaban J connectivity index is 1.81. The molecule has 10 nitrogen and oxygen atoms in total. The molecule has 1 heterocycles. The van der Waals surface area contributed by atoms with Gasteiger partial charge < -0.3 is 5.11 Å². The summed E-state index contributed by atoms with van der Waals surface area (Å²) in [6.07, 6.45) is 0.482. The van der Waals surface area contributed by atoms with Crippen molar-refractivity contribution in [1.29, 1.82) is 0 Å². The summed E-state index contributed by atoms with van der Waals surface area (Å²) in [6.45, 7) is -0.481. The molecule has 0 spiro atoms. The lowest BCUT2D eigenvalue weighted by Gasteiger charge is -2.24. The van der Waals surface area contributed by atoms with Crippen molar-refractivity contribution in [2.24, 2.45) is 7.05 Å². The number of sulfonamides is 1. The predicted molar refractivity (Wildman–Crippen MR) is 149 cm³/mol. The van der Waals surface area contributed by atoms with Gasteiger partial charge in [0, 0.05) is 25.1 Å². The number of para-hydroxylation sites is 2. The number of benzene rings is 3.